The molecule has 0 heterocycles. The first kappa shape index (κ1) is 20.9. The first-order valence-electron chi connectivity index (χ1n) is 7.99. The number of rotatable bonds is 8. The Bertz CT molecular complexity index is 645. The molecule has 1 aliphatic rings. The van der Waals surface area contributed by atoms with Crippen LogP contribution < -0.4 is 15.8 Å². The van der Waals surface area contributed by atoms with Gasteiger partial charge in [0.05, 0.1) is 10.9 Å². The summed E-state index contributed by atoms with van der Waals surface area (Å²) in [5, 5.41) is 2.72. The van der Waals surface area contributed by atoms with Gasteiger partial charge in [-0.05, 0) is 48.9 Å². The van der Waals surface area contributed by atoms with E-state index in [1.54, 1.807) is 12.1 Å². The summed E-state index contributed by atoms with van der Waals surface area (Å²) in [6.07, 6.45) is 2.99. The fourth-order valence-electron chi connectivity index (χ4n) is 2.09. The fourth-order valence-corrected chi connectivity index (χ4v) is 3.20. The summed E-state index contributed by atoms with van der Waals surface area (Å²) in [5.41, 5.74) is 6.41. The lowest BCUT2D eigenvalue weighted by molar-refractivity contribution is -0.118. The molecule has 1 aromatic carbocycles. The van der Waals surface area contributed by atoms with Crippen molar-refractivity contribution in [2.24, 2.45) is 17.6 Å². The van der Waals surface area contributed by atoms with Crippen LogP contribution in [0.5, 0.6) is 0 Å². The van der Waals surface area contributed by atoms with Crippen LogP contribution >= 0.6 is 12.4 Å². The quantitative estimate of drug-likeness (QED) is 0.647. The highest BCUT2D eigenvalue weighted by atomic mass is 35.5. The monoisotopic (exact) mass is 375 g/mol. The number of nitrogens with two attached hydrogens (primary N) is 1. The summed E-state index contributed by atoms with van der Waals surface area (Å²) in [4.78, 5) is 12.2. The summed E-state index contributed by atoms with van der Waals surface area (Å²) in [7, 11) is -3.48. The number of anilines is 1. The molecule has 8 heteroatoms. The molecule has 0 radical (unpaired) electrons. The fraction of sp³-hybridized carbons (Fsp3) is 0.562. The van der Waals surface area contributed by atoms with E-state index in [4.69, 9.17) is 5.73 Å². The maximum Gasteiger partial charge on any atom is 0.241 e. The van der Waals surface area contributed by atoms with Crippen molar-refractivity contribution in [3.05, 3.63) is 24.3 Å². The minimum atomic E-state index is -3.48. The predicted octanol–water partition coefficient (Wildman–Crippen LogP) is 2.11. The predicted molar refractivity (Wildman–Crippen MR) is 97.7 cm³/mol. The molecule has 0 aromatic heterocycles. The van der Waals surface area contributed by atoms with Crippen molar-refractivity contribution >= 4 is 34.0 Å². The molecular formula is C16H26ClN3O3S. The van der Waals surface area contributed by atoms with Gasteiger partial charge >= 0.3 is 0 Å². The number of carbonyl (C=O) groups excluding carboxylic acids is 1. The van der Waals surface area contributed by atoms with Crippen LogP contribution in [0.15, 0.2) is 29.2 Å². The largest absolute Gasteiger partial charge is 0.325 e. The molecule has 24 heavy (non-hydrogen) atoms. The molecule has 6 nitrogen and oxygen atoms in total. The molecule has 0 bridgehead atoms. The zero-order valence-corrected chi connectivity index (χ0v) is 15.6. The highest BCUT2D eigenvalue weighted by molar-refractivity contribution is 7.89. The van der Waals surface area contributed by atoms with E-state index in [0.29, 0.717) is 18.2 Å². The minimum Gasteiger partial charge on any atom is -0.325 e. The SMILES string of the molecule is CCC(C)C(N)C(=O)Nc1ccc(S(=O)(=O)NCC2CC2)cc1.Cl. The van der Waals surface area contributed by atoms with Crippen LogP contribution in [-0.2, 0) is 14.8 Å². The number of nitrogens with one attached hydrogen (secondary N) is 2. The van der Waals surface area contributed by atoms with Crippen molar-refractivity contribution in [2.75, 3.05) is 11.9 Å². The molecule has 1 saturated carbocycles. The Kier molecular flexibility index (Phi) is 7.66. The van der Waals surface area contributed by atoms with Crippen LogP contribution in [0.3, 0.4) is 0 Å². The Hall–Kier alpha value is -1.15. The second-order valence-corrected chi connectivity index (χ2v) is 7.99. The summed E-state index contributed by atoms with van der Waals surface area (Å²) in [5.74, 6) is 0.300. The highest BCUT2D eigenvalue weighted by Crippen LogP contribution is 2.28. The topological polar surface area (TPSA) is 101 Å². The van der Waals surface area contributed by atoms with Gasteiger partial charge in [-0.1, -0.05) is 20.3 Å². The molecule has 1 aliphatic carbocycles. The smallest absolute Gasteiger partial charge is 0.241 e. The van der Waals surface area contributed by atoms with E-state index >= 15 is 0 Å². The Labute approximate surface area is 150 Å². The molecule has 1 aromatic rings. The van der Waals surface area contributed by atoms with Crippen molar-refractivity contribution < 1.29 is 13.2 Å². The van der Waals surface area contributed by atoms with Gasteiger partial charge in [-0.25, -0.2) is 13.1 Å². The Morgan fingerprint density at radius 2 is 1.88 bits per heavy atom. The molecule has 0 aliphatic heterocycles. The van der Waals surface area contributed by atoms with Crippen molar-refractivity contribution in [2.45, 2.75) is 44.0 Å². The Morgan fingerprint density at radius 3 is 2.38 bits per heavy atom. The van der Waals surface area contributed by atoms with E-state index in [9.17, 15) is 13.2 Å². The highest BCUT2D eigenvalue weighted by Gasteiger charge is 2.24. The summed E-state index contributed by atoms with van der Waals surface area (Å²) in [6.45, 7) is 4.39. The number of amides is 1. The lowest BCUT2D eigenvalue weighted by Gasteiger charge is -2.17. The van der Waals surface area contributed by atoms with Crippen molar-refractivity contribution in [1.29, 1.82) is 0 Å². The average molecular weight is 376 g/mol. The molecule has 2 rings (SSSR count). The molecule has 2 atom stereocenters. The number of halogens is 1. The van der Waals surface area contributed by atoms with Gasteiger partial charge in [-0.3, -0.25) is 4.79 Å². The van der Waals surface area contributed by atoms with E-state index in [0.717, 1.165) is 19.3 Å². The van der Waals surface area contributed by atoms with Crippen molar-refractivity contribution in [1.82, 2.24) is 4.72 Å². The third-order valence-electron chi connectivity index (χ3n) is 4.25. The average Bonchev–Trinajstić information content (AvgIpc) is 3.36. The zero-order valence-electron chi connectivity index (χ0n) is 14.0. The normalized spacial score (nSPS) is 16.8. The van der Waals surface area contributed by atoms with Crippen molar-refractivity contribution in [3.63, 3.8) is 0 Å². The van der Waals surface area contributed by atoms with Crippen LogP contribution in [-0.4, -0.2) is 26.9 Å². The first-order valence-corrected chi connectivity index (χ1v) is 9.48. The molecule has 0 saturated heterocycles. The first-order chi connectivity index (χ1) is 10.8. The summed E-state index contributed by atoms with van der Waals surface area (Å²) >= 11 is 0. The van der Waals surface area contributed by atoms with E-state index < -0.39 is 16.1 Å². The molecule has 1 fully saturated rings. The third-order valence-corrected chi connectivity index (χ3v) is 5.69. The lowest BCUT2D eigenvalue weighted by Crippen LogP contribution is -2.40. The van der Waals surface area contributed by atoms with Gasteiger partial charge in [-0.2, -0.15) is 0 Å². The van der Waals surface area contributed by atoms with E-state index in [1.807, 2.05) is 13.8 Å². The number of carbonyl (C=O) groups is 1. The Morgan fingerprint density at radius 1 is 1.29 bits per heavy atom. The summed E-state index contributed by atoms with van der Waals surface area (Å²) in [6, 6.07) is 5.54. The van der Waals surface area contributed by atoms with Crippen LogP contribution in [0.2, 0.25) is 0 Å². The van der Waals surface area contributed by atoms with E-state index in [-0.39, 0.29) is 29.1 Å². The van der Waals surface area contributed by atoms with Crippen LogP contribution in [0, 0.1) is 11.8 Å². The molecule has 136 valence electrons. The van der Waals surface area contributed by atoms with Gasteiger partial charge < -0.3 is 11.1 Å². The van der Waals surface area contributed by atoms with Crippen LogP contribution in [0.4, 0.5) is 5.69 Å². The molecule has 2 unspecified atom stereocenters. The maximum absolute atomic E-state index is 12.1. The number of hydrogen-bond acceptors (Lipinski definition) is 4. The second kappa shape index (κ2) is 8.80. The number of sulfonamides is 1. The van der Waals surface area contributed by atoms with E-state index in [1.165, 1.54) is 12.1 Å². The maximum atomic E-state index is 12.1. The zero-order chi connectivity index (χ0) is 17.0. The third kappa shape index (κ3) is 5.73. The van der Waals surface area contributed by atoms with Gasteiger partial charge in [0.25, 0.3) is 0 Å². The summed E-state index contributed by atoms with van der Waals surface area (Å²) < 4.78 is 26.8. The van der Waals surface area contributed by atoms with Crippen LogP contribution in [0.1, 0.15) is 33.1 Å². The van der Waals surface area contributed by atoms with E-state index in [2.05, 4.69) is 10.0 Å². The van der Waals surface area contributed by atoms with Gasteiger partial charge in [0, 0.05) is 12.2 Å². The lowest BCUT2D eigenvalue weighted by atomic mass is 9.99. The second-order valence-electron chi connectivity index (χ2n) is 6.22. The molecule has 0 spiro atoms. The standard InChI is InChI=1S/C16H25N3O3S.ClH/c1-3-11(2)15(17)16(20)19-13-6-8-14(9-7-13)23(21,22)18-10-12-4-5-12;/h6-9,11-12,15,18H,3-5,10,17H2,1-2H3,(H,19,20);1H. The minimum absolute atomic E-state index is 0. The molecule has 4 N–H and O–H groups in total. The van der Waals surface area contributed by atoms with Gasteiger partial charge in [-0.15, -0.1) is 12.4 Å². The Balaban J connectivity index is 0.00000288. The van der Waals surface area contributed by atoms with Gasteiger partial charge in [0.1, 0.15) is 0 Å². The molecular weight excluding hydrogens is 350 g/mol. The van der Waals surface area contributed by atoms with Gasteiger partial charge in [0.15, 0.2) is 0 Å². The molecule has 1 amide bonds. The van der Waals surface area contributed by atoms with Gasteiger partial charge in [0.2, 0.25) is 15.9 Å². The van der Waals surface area contributed by atoms with Crippen molar-refractivity contribution in [3.8, 4) is 0 Å². The number of benzene rings is 1. The number of hydrogen-bond donors (Lipinski definition) is 3. The van der Waals surface area contributed by atoms with Crippen LogP contribution in [0.25, 0.3) is 0 Å².